The van der Waals surface area contributed by atoms with E-state index in [1.807, 2.05) is 91.0 Å². The maximum absolute atomic E-state index is 11.9. The lowest BCUT2D eigenvalue weighted by Crippen LogP contribution is -2.33. The maximum Gasteiger partial charge on any atom is 0.306 e. The van der Waals surface area contributed by atoms with Crippen molar-refractivity contribution in [2.24, 2.45) is 0 Å². The van der Waals surface area contributed by atoms with Gasteiger partial charge in [-0.15, -0.1) is 0 Å². The van der Waals surface area contributed by atoms with Gasteiger partial charge in [0.25, 0.3) is 0 Å². The molecule has 8 nitrogen and oxygen atoms in total. The summed E-state index contributed by atoms with van der Waals surface area (Å²) in [7, 11) is 3.25. The van der Waals surface area contributed by atoms with Crippen molar-refractivity contribution in [1.29, 1.82) is 0 Å². The zero-order valence-electron chi connectivity index (χ0n) is 22.4. The SMILES string of the molecule is COc1ccc(C(OCc2cccc(COC(=O)CCC(=O)O)n2)(c2ccccc2)c2ccc(OC)cc2)cc1. The van der Waals surface area contributed by atoms with Crippen LogP contribution in [0.3, 0.4) is 0 Å². The van der Waals surface area contributed by atoms with Crippen LogP contribution in [0.5, 0.6) is 11.5 Å². The van der Waals surface area contributed by atoms with Crippen molar-refractivity contribution in [3.8, 4) is 11.5 Å². The molecule has 0 fully saturated rings. The molecule has 0 saturated carbocycles. The highest BCUT2D eigenvalue weighted by Gasteiger charge is 2.38. The second kappa shape index (κ2) is 13.4. The fraction of sp³-hybridized carbons (Fsp3) is 0.219. The molecule has 4 aromatic rings. The highest BCUT2D eigenvalue weighted by atomic mass is 16.5. The topological polar surface area (TPSA) is 104 Å². The molecule has 0 amide bonds. The number of aromatic nitrogens is 1. The lowest BCUT2D eigenvalue weighted by molar-refractivity contribution is -0.148. The summed E-state index contributed by atoms with van der Waals surface area (Å²) in [5.74, 6) is -0.182. The van der Waals surface area contributed by atoms with Gasteiger partial charge < -0.3 is 24.1 Å². The number of carboxylic acid groups (broad SMARTS) is 1. The molecule has 0 radical (unpaired) electrons. The molecule has 1 heterocycles. The molecule has 1 N–H and O–H groups in total. The number of pyridine rings is 1. The Morgan fingerprint density at radius 2 is 1.20 bits per heavy atom. The van der Waals surface area contributed by atoms with E-state index in [4.69, 9.17) is 24.1 Å². The molecule has 0 saturated heterocycles. The van der Waals surface area contributed by atoms with E-state index in [-0.39, 0.29) is 26.1 Å². The van der Waals surface area contributed by atoms with Crippen molar-refractivity contribution < 1.29 is 33.6 Å². The number of carbonyl (C=O) groups excluding carboxylic acids is 1. The van der Waals surface area contributed by atoms with Crippen LogP contribution in [-0.4, -0.2) is 36.2 Å². The molecule has 0 atom stereocenters. The third kappa shape index (κ3) is 6.84. The first-order valence-corrected chi connectivity index (χ1v) is 12.8. The largest absolute Gasteiger partial charge is 0.497 e. The second-order valence-electron chi connectivity index (χ2n) is 8.97. The number of carbonyl (C=O) groups is 2. The van der Waals surface area contributed by atoms with Crippen LogP contribution in [0, 0.1) is 0 Å². The normalized spacial score (nSPS) is 11.1. The van der Waals surface area contributed by atoms with Gasteiger partial charge >= 0.3 is 11.9 Å². The van der Waals surface area contributed by atoms with Crippen LogP contribution in [0.15, 0.2) is 97.1 Å². The molecule has 0 unspecified atom stereocenters. The molecule has 1 aromatic heterocycles. The summed E-state index contributed by atoms with van der Waals surface area (Å²) in [4.78, 5) is 27.2. The number of carboxylic acids is 1. The summed E-state index contributed by atoms with van der Waals surface area (Å²) in [6, 6.07) is 30.9. The average molecular weight is 542 g/mol. The van der Waals surface area contributed by atoms with E-state index in [1.54, 1.807) is 20.3 Å². The third-order valence-corrected chi connectivity index (χ3v) is 6.40. The van der Waals surface area contributed by atoms with Crippen molar-refractivity contribution in [2.75, 3.05) is 14.2 Å². The van der Waals surface area contributed by atoms with Crippen LogP contribution in [0.4, 0.5) is 0 Å². The fourth-order valence-corrected chi connectivity index (χ4v) is 4.38. The summed E-state index contributed by atoms with van der Waals surface area (Å²) in [6.07, 6.45) is -0.472. The van der Waals surface area contributed by atoms with E-state index in [0.29, 0.717) is 11.4 Å². The molecule has 0 bridgehead atoms. The smallest absolute Gasteiger partial charge is 0.306 e. The number of esters is 1. The minimum Gasteiger partial charge on any atom is -0.497 e. The minimum absolute atomic E-state index is 0.0624. The Hall–Kier alpha value is -4.69. The fourth-order valence-electron chi connectivity index (χ4n) is 4.38. The number of hydrogen-bond acceptors (Lipinski definition) is 7. The van der Waals surface area contributed by atoms with Crippen molar-refractivity contribution in [3.63, 3.8) is 0 Å². The summed E-state index contributed by atoms with van der Waals surface area (Å²) >= 11 is 0. The van der Waals surface area contributed by atoms with E-state index >= 15 is 0 Å². The predicted molar refractivity (Wildman–Crippen MR) is 148 cm³/mol. The molecule has 0 aliphatic carbocycles. The molecule has 206 valence electrons. The predicted octanol–water partition coefficient (Wildman–Crippen LogP) is 5.52. The number of aliphatic carboxylic acids is 1. The molecule has 0 aliphatic heterocycles. The zero-order valence-corrected chi connectivity index (χ0v) is 22.4. The summed E-state index contributed by atoms with van der Waals surface area (Å²) in [5, 5.41) is 8.76. The zero-order chi connectivity index (χ0) is 28.4. The van der Waals surface area contributed by atoms with Crippen LogP contribution in [0.2, 0.25) is 0 Å². The third-order valence-electron chi connectivity index (χ3n) is 6.40. The van der Waals surface area contributed by atoms with Gasteiger partial charge in [0.15, 0.2) is 0 Å². The van der Waals surface area contributed by atoms with Gasteiger partial charge in [0, 0.05) is 0 Å². The van der Waals surface area contributed by atoms with Crippen LogP contribution < -0.4 is 9.47 Å². The van der Waals surface area contributed by atoms with Crippen LogP contribution in [0.25, 0.3) is 0 Å². The van der Waals surface area contributed by atoms with Crippen molar-refractivity contribution >= 4 is 11.9 Å². The van der Waals surface area contributed by atoms with Crippen molar-refractivity contribution in [3.05, 3.63) is 125 Å². The Kier molecular flexibility index (Phi) is 9.48. The molecule has 4 rings (SSSR count). The van der Waals surface area contributed by atoms with Gasteiger partial charge in [0.1, 0.15) is 23.7 Å². The first kappa shape index (κ1) is 28.3. The van der Waals surface area contributed by atoms with Gasteiger partial charge in [-0.3, -0.25) is 14.6 Å². The molecule has 0 spiro atoms. The van der Waals surface area contributed by atoms with Crippen LogP contribution in [-0.2, 0) is 37.9 Å². The highest BCUT2D eigenvalue weighted by molar-refractivity contribution is 5.76. The quantitative estimate of drug-likeness (QED) is 0.174. The summed E-state index contributed by atoms with van der Waals surface area (Å²) < 4.78 is 22.9. The Bertz CT molecular complexity index is 1360. The van der Waals surface area contributed by atoms with Gasteiger partial charge in [0.05, 0.1) is 45.1 Å². The van der Waals surface area contributed by atoms with Gasteiger partial charge in [-0.2, -0.15) is 0 Å². The molecule has 40 heavy (non-hydrogen) atoms. The molecular weight excluding hydrogens is 510 g/mol. The average Bonchev–Trinajstić information content (AvgIpc) is 3.00. The number of nitrogens with zero attached hydrogens (tertiary/aromatic N) is 1. The monoisotopic (exact) mass is 541 g/mol. The Morgan fingerprint density at radius 3 is 1.73 bits per heavy atom. The molecular formula is C32H31NO7. The lowest BCUT2D eigenvalue weighted by Gasteiger charge is -2.36. The van der Waals surface area contributed by atoms with Gasteiger partial charge in [-0.25, -0.2) is 0 Å². The first-order chi connectivity index (χ1) is 19.4. The van der Waals surface area contributed by atoms with Crippen LogP contribution >= 0.6 is 0 Å². The summed E-state index contributed by atoms with van der Waals surface area (Å²) in [6.45, 7) is 0.0842. The van der Waals surface area contributed by atoms with Crippen molar-refractivity contribution in [1.82, 2.24) is 4.98 Å². The Morgan fingerprint density at radius 1 is 0.675 bits per heavy atom. The van der Waals surface area contributed by atoms with E-state index in [1.165, 1.54) is 0 Å². The number of hydrogen-bond donors (Lipinski definition) is 1. The maximum atomic E-state index is 11.9. The number of benzene rings is 3. The van der Waals surface area contributed by atoms with Crippen LogP contribution in [0.1, 0.15) is 40.9 Å². The lowest BCUT2D eigenvalue weighted by atomic mass is 9.80. The molecule has 8 heteroatoms. The minimum atomic E-state index is -1.05. The van der Waals surface area contributed by atoms with E-state index in [9.17, 15) is 9.59 Å². The van der Waals surface area contributed by atoms with Crippen molar-refractivity contribution in [2.45, 2.75) is 31.7 Å². The summed E-state index contributed by atoms with van der Waals surface area (Å²) in [5.41, 5.74) is 2.89. The van der Waals surface area contributed by atoms with Gasteiger partial charge in [-0.05, 0) is 53.1 Å². The Balaban J connectivity index is 1.67. The van der Waals surface area contributed by atoms with E-state index in [0.717, 1.165) is 28.2 Å². The number of ether oxygens (including phenoxy) is 4. The second-order valence-corrected chi connectivity index (χ2v) is 8.97. The number of methoxy groups -OCH3 is 2. The number of rotatable bonds is 13. The van der Waals surface area contributed by atoms with Gasteiger partial charge in [0.2, 0.25) is 0 Å². The molecule has 0 aliphatic rings. The Labute approximate surface area is 233 Å². The standard InChI is InChI=1S/C32H31NO7/c1-37-28-15-11-24(12-16-28)32(23-7-4-3-5-8-23,25-13-17-29(38-2)18-14-25)40-22-27-10-6-9-26(33-27)21-39-31(36)20-19-30(34)35/h3-18H,19-22H2,1-2H3,(H,34,35). The van der Waals surface area contributed by atoms with E-state index < -0.39 is 17.5 Å². The highest BCUT2D eigenvalue weighted by Crippen LogP contribution is 2.42. The van der Waals surface area contributed by atoms with Gasteiger partial charge in [-0.1, -0.05) is 60.7 Å². The van der Waals surface area contributed by atoms with E-state index in [2.05, 4.69) is 4.98 Å². The molecule has 3 aromatic carbocycles. The first-order valence-electron chi connectivity index (χ1n) is 12.8.